The van der Waals surface area contributed by atoms with Crippen molar-refractivity contribution < 1.29 is 14.3 Å². The number of aromatic nitrogens is 1. The largest absolute Gasteiger partial charge is 0.396 e. The minimum atomic E-state index is -0.586. The third-order valence-corrected chi connectivity index (χ3v) is 3.32. The van der Waals surface area contributed by atoms with E-state index in [1.807, 2.05) is 0 Å². The highest BCUT2D eigenvalue weighted by atomic mass is 19.1. The Morgan fingerprint density at radius 1 is 1.50 bits per heavy atom. The minimum absolute atomic E-state index is 0.0795. The Morgan fingerprint density at radius 2 is 2.33 bits per heavy atom. The second-order valence-corrected chi connectivity index (χ2v) is 4.53. The molecule has 1 atom stereocenters. The Bertz CT molecular complexity index is 406. The van der Waals surface area contributed by atoms with E-state index in [1.165, 1.54) is 18.3 Å². The Balaban J connectivity index is 2.12. The summed E-state index contributed by atoms with van der Waals surface area (Å²) in [6.07, 6.45) is 4.84. The normalized spacial score (nSPS) is 19.9. The summed E-state index contributed by atoms with van der Waals surface area (Å²) in [7, 11) is 0. The summed E-state index contributed by atoms with van der Waals surface area (Å²) in [6.45, 7) is 0.775. The number of piperidine rings is 1. The lowest BCUT2D eigenvalue weighted by atomic mass is 9.99. The first-order valence-corrected chi connectivity index (χ1v) is 6.26. The molecule has 0 saturated carbocycles. The van der Waals surface area contributed by atoms with Crippen LogP contribution in [0.4, 0.5) is 4.39 Å². The number of carbonyl (C=O) groups is 1. The molecule has 1 saturated heterocycles. The van der Waals surface area contributed by atoms with Crippen LogP contribution >= 0.6 is 0 Å². The molecule has 1 amide bonds. The summed E-state index contributed by atoms with van der Waals surface area (Å²) in [5, 5.41) is 9.03. The number of halogens is 1. The lowest BCUT2D eigenvalue weighted by Gasteiger charge is -2.35. The molecule has 0 aliphatic carbocycles. The monoisotopic (exact) mass is 252 g/mol. The van der Waals surface area contributed by atoms with Gasteiger partial charge in [0.25, 0.3) is 5.91 Å². The van der Waals surface area contributed by atoms with Gasteiger partial charge in [0.1, 0.15) is 0 Å². The number of likely N-dealkylation sites (tertiary alicyclic amines) is 1. The zero-order valence-electron chi connectivity index (χ0n) is 10.2. The van der Waals surface area contributed by atoms with Crippen LogP contribution in [-0.4, -0.2) is 40.1 Å². The van der Waals surface area contributed by atoms with Gasteiger partial charge in [-0.1, -0.05) is 0 Å². The van der Waals surface area contributed by atoms with E-state index in [1.54, 1.807) is 4.90 Å². The Morgan fingerprint density at radius 3 is 3.00 bits per heavy atom. The molecule has 18 heavy (non-hydrogen) atoms. The molecular weight excluding hydrogens is 235 g/mol. The van der Waals surface area contributed by atoms with Gasteiger partial charge in [-0.25, -0.2) is 4.98 Å². The van der Waals surface area contributed by atoms with Crippen molar-refractivity contribution in [2.24, 2.45) is 0 Å². The van der Waals surface area contributed by atoms with Gasteiger partial charge in [-0.2, -0.15) is 4.39 Å². The van der Waals surface area contributed by atoms with Gasteiger partial charge in [-0.15, -0.1) is 0 Å². The van der Waals surface area contributed by atoms with Gasteiger partial charge in [-0.05, 0) is 37.8 Å². The van der Waals surface area contributed by atoms with Gasteiger partial charge < -0.3 is 10.0 Å². The van der Waals surface area contributed by atoms with Crippen LogP contribution in [0.5, 0.6) is 0 Å². The van der Waals surface area contributed by atoms with Crippen LogP contribution in [0, 0.1) is 5.95 Å². The number of hydrogen-bond donors (Lipinski definition) is 1. The van der Waals surface area contributed by atoms with E-state index in [0.29, 0.717) is 18.5 Å². The molecule has 1 N–H and O–H groups in total. The summed E-state index contributed by atoms with van der Waals surface area (Å²) < 4.78 is 12.7. The van der Waals surface area contributed by atoms with E-state index < -0.39 is 5.95 Å². The van der Waals surface area contributed by atoms with Gasteiger partial charge in [-0.3, -0.25) is 4.79 Å². The minimum Gasteiger partial charge on any atom is -0.396 e. The fourth-order valence-electron chi connectivity index (χ4n) is 2.39. The zero-order valence-corrected chi connectivity index (χ0v) is 10.2. The summed E-state index contributed by atoms with van der Waals surface area (Å²) >= 11 is 0. The fraction of sp³-hybridized carbons (Fsp3) is 0.538. The van der Waals surface area contributed by atoms with E-state index in [0.717, 1.165) is 19.3 Å². The summed E-state index contributed by atoms with van der Waals surface area (Å²) in [4.78, 5) is 17.6. The van der Waals surface area contributed by atoms with Crippen molar-refractivity contribution in [1.82, 2.24) is 9.88 Å². The molecule has 2 rings (SSSR count). The van der Waals surface area contributed by atoms with Gasteiger partial charge in [0.2, 0.25) is 5.95 Å². The number of aliphatic hydroxyl groups excluding tert-OH is 1. The van der Waals surface area contributed by atoms with Crippen LogP contribution in [0.2, 0.25) is 0 Å². The third-order valence-electron chi connectivity index (χ3n) is 3.32. The van der Waals surface area contributed by atoms with Gasteiger partial charge >= 0.3 is 0 Å². The molecule has 1 aliphatic heterocycles. The first-order valence-electron chi connectivity index (χ1n) is 6.26. The quantitative estimate of drug-likeness (QED) is 0.831. The van der Waals surface area contributed by atoms with Crippen molar-refractivity contribution in [3.63, 3.8) is 0 Å². The highest BCUT2D eigenvalue weighted by Gasteiger charge is 2.27. The molecule has 0 radical (unpaired) electrons. The second kappa shape index (κ2) is 5.91. The first kappa shape index (κ1) is 13.0. The summed E-state index contributed by atoms with van der Waals surface area (Å²) in [5.74, 6) is -0.710. The molecule has 0 aromatic carbocycles. The molecule has 1 unspecified atom stereocenters. The van der Waals surface area contributed by atoms with Crippen molar-refractivity contribution in [3.8, 4) is 0 Å². The van der Waals surface area contributed by atoms with E-state index >= 15 is 0 Å². The van der Waals surface area contributed by atoms with Crippen LogP contribution in [0.15, 0.2) is 18.3 Å². The van der Waals surface area contributed by atoms with Gasteiger partial charge in [0, 0.05) is 25.4 Å². The number of pyridine rings is 1. The maximum absolute atomic E-state index is 12.7. The number of amides is 1. The first-order chi connectivity index (χ1) is 8.72. The predicted molar refractivity (Wildman–Crippen MR) is 64.6 cm³/mol. The Labute approximate surface area is 105 Å². The van der Waals surface area contributed by atoms with Crippen molar-refractivity contribution in [2.75, 3.05) is 13.2 Å². The molecule has 98 valence electrons. The molecule has 1 aromatic heterocycles. The molecular formula is C13H17FN2O2. The van der Waals surface area contributed by atoms with Crippen molar-refractivity contribution in [1.29, 1.82) is 0 Å². The highest BCUT2D eigenvalue weighted by molar-refractivity contribution is 5.94. The number of aliphatic hydroxyl groups is 1. The second-order valence-electron chi connectivity index (χ2n) is 4.53. The SMILES string of the molecule is O=C(c1ccc(F)nc1)N1CCCCC1CCO. The third kappa shape index (κ3) is 2.85. The van der Waals surface area contributed by atoms with Gasteiger partial charge in [0.05, 0.1) is 5.56 Å². The number of rotatable bonds is 3. The lowest BCUT2D eigenvalue weighted by molar-refractivity contribution is 0.0574. The van der Waals surface area contributed by atoms with Crippen LogP contribution in [0.25, 0.3) is 0 Å². The standard InChI is InChI=1S/C13H17FN2O2/c14-12-5-4-10(9-15-12)13(18)16-7-2-1-3-11(16)6-8-17/h4-5,9,11,17H,1-3,6-8H2. The van der Waals surface area contributed by atoms with Crippen LogP contribution in [-0.2, 0) is 0 Å². The molecule has 1 aliphatic rings. The topological polar surface area (TPSA) is 53.4 Å². The van der Waals surface area contributed by atoms with E-state index in [4.69, 9.17) is 5.11 Å². The average Bonchev–Trinajstić information content (AvgIpc) is 2.40. The number of nitrogens with zero attached hydrogens (tertiary/aromatic N) is 2. The molecule has 1 aromatic rings. The molecule has 5 heteroatoms. The summed E-state index contributed by atoms with van der Waals surface area (Å²) in [5.41, 5.74) is 0.404. The van der Waals surface area contributed by atoms with Crippen molar-refractivity contribution in [2.45, 2.75) is 31.7 Å². The Hall–Kier alpha value is -1.49. The maximum Gasteiger partial charge on any atom is 0.255 e. The molecule has 4 nitrogen and oxygen atoms in total. The number of carbonyl (C=O) groups excluding carboxylic acids is 1. The van der Waals surface area contributed by atoms with E-state index in [2.05, 4.69) is 4.98 Å². The fourth-order valence-corrected chi connectivity index (χ4v) is 2.39. The zero-order chi connectivity index (χ0) is 13.0. The lowest BCUT2D eigenvalue weighted by Crippen LogP contribution is -2.44. The van der Waals surface area contributed by atoms with Crippen LogP contribution < -0.4 is 0 Å². The van der Waals surface area contributed by atoms with Crippen LogP contribution in [0.3, 0.4) is 0 Å². The smallest absolute Gasteiger partial charge is 0.255 e. The summed E-state index contributed by atoms with van der Waals surface area (Å²) in [6, 6.07) is 2.73. The Kier molecular flexibility index (Phi) is 4.25. The molecule has 1 fully saturated rings. The van der Waals surface area contributed by atoms with E-state index in [9.17, 15) is 9.18 Å². The molecule has 0 spiro atoms. The highest BCUT2D eigenvalue weighted by Crippen LogP contribution is 2.21. The van der Waals surface area contributed by atoms with Crippen molar-refractivity contribution in [3.05, 3.63) is 29.8 Å². The average molecular weight is 252 g/mol. The molecule has 0 bridgehead atoms. The van der Waals surface area contributed by atoms with Crippen LogP contribution in [0.1, 0.15) is 36.0 Å². The van der Waals surface area contributed by atoms with Crippen molar-refractivity contribution >= 4 is 5.91 Å². The maximum atomic E-state index is 12.7. The number of hydrogen-bond acceptors (Lipinski definition) is 3. The molecule has 2 heterocycles. The van der Waals surface area contributed by atoms with Gasteiger partial charge in [0.15, 0.2) is 0 Å². The predicted octanol–water partition coefficient (Wildman–Crippen LogP) is 1.60. The van der Waals surface area contributed by atoms with E-state index in [-0.39, 0.29) is 18.6 Å².